The SMILES string of the molecule is CC(C)C(C)(C)N1CCC[C@H]1C(=O)O. The minimum atomic E-state index is -0.670. The quantitative estimate of drug-likeness (QED) is 0.755. The zero-order valence-electron chi connectivity index (χ0n) is 9.58. The normalized spacial score (nSPS) is 24.5. The molecule has 0 unspecified atom stereocenters. The topological polar surface area (TPSA) is 40.5 Å². The maximum absolute atomic E-state index is 11.0. The largest absolute Gasteiger partial charge is 0.480 e. The summed E-state index contributed by atoms with van der Waals surface area (Å²) < 4.78 is 0. The van der Waals surface area contributed by atoms with Crippen LogP contribution in [0, 0.1) is 5.92 Å². The summed E-state index contributed by atoms with van der Waals surface area (Å²) >= 11 is 0. The van der Waals surface area contributed by atoms with E-state index in [1.165, 1.54) is 0 Å². The van der Waals surface area contributed by atoms with Gasteiger partial charge in [0.1, 0.15) is 6.04 Å². The van der Waals surface area contributed by atoms with Gasteiger partial charge in [0.05, 0.1) is 0 Å². The average Bonchev–Trinajstić information content (AvgIpc) is 2.51. The van der Waals surface area contributed by atoms with Crippen molar-refractivity contribution in [2.45, 2.75) is 52.1 Å². The Balaban J connectivity index is 2.81. The van der Waals surface area contributed by atoms with Gasteiger partial charge in [0, 0.05) is 5.54 Å². The first-order valence-electron chi connectivity index (χ1n) is 5.37. The summed E-state index contributed by atoms with van der Waals surface area (Å²) in [5, 5.41) is 9.09. The molecule has 0 radical (unpaired) electrons. The molecule has 0 spiro atoms. The van der Waals surface area contributed by atoms with Crippen molar-refractivity contribution in [2.24, 2.45) is 5.92 Å². The molecule has 0 aliphatic carbocycles. The van der Waals surface area contributed by atoms with Gasteiger partial charge in [0.15, 0.2) is 0 Å². The van der Waals surface area contributed by atoms with Gasteiger partial charge in [-0.1, -0.05) is 13.8 Å². The summed E-state index contributed by atoms with van der Waals surface area (Å²) in [4.78, 5) is 13.2. The predicted molar refractivity (Wildman–Crippen MR) is 56.3 cm³/mol. The number of likely N-dealkylation sites (tertiary alicyclic amines) is 1. The Morgan fingerprint density at radius 2 is 2.07 bits per heavy atom. The number of hydrogen-bond acceptors (Lipinski definition) is 2. The molecule has 0 aromatic heterocycles. The summed E-state index contributed by atoms with van der Waals surface area (Å²) in [5.74, 6) is -0.196. The number of carboxylic acids is 1. The molecular weight excluding hydrogens is 178 g/mol. The van der Waals surface area contributed by atoms with Crippen molar-refractivity contribution >= 4 is 5.97 Å². The van der Waals surface area contributed by atoms with Gasteiger partial charge >= 0.3 is 5.97 Å². The monoisotopic (exact) mass is 199 g/mol. The van der Waals surface area contributed by atoms with Crippen LogP contribution < -0.4 is 0 Å². The summed E-state index contributed by atoms with van der Waals surface area (Å²) in [7, 11) is 0. The molecule has 1 heterocycles. The second-order valence-electron chi connectivity index (χ2n) is 5.00. The van der Waals surface area contributed by atoms with E-state index in [4.69, 9.17) is 5.11 Å². The van der Waals surface area contributed by atoms with Crippen molar-refractivity contribution in [3.63, 3.8) is 0 Å². The van der Waals surface area contributed by atoms with Crippen LogP contribution in [0.15, 0.2) is 0 Å². The zero-order valence-corrected chi connectivity index (χ0v) is 9.58. The first-order chi connectivity index (χ1) is 6.37. The van der Waals surface area contributed by atoms with E-state index in [1.54, 1.807) is 0 Å². The molecule has 1 N–H and O–H groups in total. The Hall–Kier alpha value is -0.570. The Morgan fingerprint density at radius 1 is 1.50 bits per heavy atom. The van der Waals surface area contributed by atoms with E-state index in [-0.39, 0.29) is 11.6 Å². The van der Waals surface area contributed by atoms with Gasteiger partial charge < -0.3 is 5.11 Å². The molecule has 1 fully saturated rings. The van der Waals surface area contributed by atoms with Gasteiger partial charge in [-0.25, -0.2) is 0 Å². The lowest BCUT2D eigenvalue weighted by molar-refractivity contribution is -0.144. The van der Waals surface area contributed by atoms with Crippen LogP contribution in [0.1, 0.15) is 40.5 Å². The lowest BCUT2D eigenvalue weighted by Gasteiger charge is -2.41. The van der Waals surface area contributed by atoms with E-state index in [1.807, 2.05) is 0 Å². The molecule has 1 atom stereocenters. The Labute approximate surface area is 86.1 Å². The molecule has 0 aromatic carbocycles. The third-order valence-electron chi connectivity index (χ3n) is 3.69. The fourth-order valence-corrected chi connectivity index (χ4v) is 2.04. The first kappa shape index (κ1) is 11.5. The molecule has 3 heteroatoms. The Morgan fingerprint density at radius 3 is 2.50 bits per heavy atom. The smallest absolute Gasteiger partial charge is 0.320 e. The Bertz CT molecular complexity index is 223. The minimum absolute atomic E-state index is 0.0143. The lowest BCUT2D eigenvalue weighted by atomic mass is 9.88. The fourth-order valence-electron chi connectivity index (χ4n) is 2.04. The van der Waals surface area contributed by atoms with E-state index in [0.29, 0.717) is 5.92 Å². The van der Waals surface area contributed by atoms with Crippen LogP contribution in [-0.2, 0) is 4.79 Å². The molecular formula is C11H21NO2. The van der Waals surface area contributed by atoms with Crippen LogP contribution in [0.3, 0.4) is 0 Å². The summed E-state index contributed by atoms with van der Waals surface area (Å²) in [5.41, 5.74) is -0.0143. The van der Waals surface area contributed by atoms with Gasteiger partial charge in [0.25, 0.3) is 0 Å². The molecule has 14 heavy (non-hydrogen) atoms. The van der Waals surface area contributed by atoms with Crippen LogP contribution in [0.4, 0.5) is 0 Å². The van der Waals surface area contributed by atoms with E-state index < -0.39 is 5.97 Å². The van der Waals surface area contributed by atoms with Crippen molar-refractivity contribution in [3.8, 4) is 0 Å². The van der Waals surface area contributed by atoms with E-state index >= 15 is 0 Å². The Kier molecular flexibility index (Phi) is 3.20. The van der Waals surface area contributed by atoms with Crippen molar-refractivity contribution in [1.82, 2.24) is 4.90 Å². The molecule has 0 saturated carbocycles. The summed E-state index contributed by atoms with van der Waals surface area (Å²) in [6.07, 6.45) is 1.80. The molecule has 1 aliphatic heterocycles. The molecule has 1 saturated heterocycles. The van der Waals surface area contributed by atoms with Crippen molar-refractivity contribution in [3.05, 3.63) is 0 Å². The van der Waals surface area contributed by atoms with Gasteiger partial charge in [-0.3, -0.25) is 9.69 Å². The van der Waals surface area contributed by atoms with Gasteiger partial charge in [-0.05, 0) is 39.2 Å². The second-order valence-corrected chi connectivity index (χ2v) is 5.00. The summed E-state index contributed by atoms with van der Waals surface area (Å²) in [6.45, 7) is 9.49. The number of rotatable bonds is 3. The van der Waals surface area contributed by atoms with E-state index in [9.17, 15) is 4.79 Å². The average molecular weight is 199 g/mol. The number of carboxylic acid groups (broad SMARTS) is 1. The highest BCUT2D eigenvalue weighted by Gasteiger charge is 2.41. The molecule has 0 bridgehead atoms. The predicted octanol–water partition coefficient (Wildman–Crippen LogP) is 1.97. The minimum Gasteiger partial charge on any atom is -0.480 e. The van der Waals surface area contributed by atoms with Crippen LogP contribution in [-0.4, -0.2) is 34.1 Å². The molecule has 0 amide bonds. The van der Waals surface area contributed by atoms with Crippen LogP contribution >= 0.6 is 0 Å². The highest BCUT2D eigenvalue weighted by atomic mass is 16.4. The highest BCUT2D eigenvalue weighted by Crippen LogP contribution is 2.31. The lowest BCUT2D eigenvalue weighted by Crippen LogP contribution is -2.52. The van der Waals surface area contributed by atoms with E-state index in [0.717, 1.165) is 19.4 Å². The third kappa shape index (κ3) is 1.92. The highest BCUT2D eigenvalue weighted by molar-refractivity contribution is 5.74. The molecule has 1 aliphatic rings. The number of aliphatic carboxylic acids is 1. The zero-order chi connectivity index (χ0) is 10.9. The van der Waals surface area contributed by atoms with E-state index in [2.05, 4.69) is 32.6 Å². The number of nitrogens with zero attached hydrogens (tertiary/aromatic N) is 1. The first-order valence-corrected chi connectivity index (χ1v) is 5.37. The number of carbonyl (C=O) groups is 1. The van der Waals surface area contributed by atoms with Crippen LogP contribution in [0.2, 0.25) is 0 Å². The van der Waals surface area contributed by atoms with Crippen molar-refractivity contribution in [1.29, 1.82) is 0 Å². The van der Waals surface area contributed by atoms with Crippen LogP contribution in [0.25, 0.3) is 0 Å². The van der Waals surface area contributed by atoms with Gasteiger partial charge in [0.2, 0.25) is 0 Å². The maximum atomic E-state index is 11.0. The molecule has 82 valence electrons. The standard InChI is InChI=1S/C11H21NO2/c1-8(2)11(3,4)12-7-5-6-9(12)10(13)14/h8-9H,5-7H2,1-4H3,(H,13,14)/t9-/m0/s1. The van der Waals surface area contributed by atoms with Gasteiger partial charge in [-0.2, -0.15) is 0 Å². The molecule has 1 rings (SSSR count). The fraction of sp³-hybridized carbons (Fsp3) is 0.909. The second kappa shape index (κ2) is 3.89. The van der Waals surface area contributed by atoms with Gasteiger partial charge in [-0.15, -0.1) is 0 Å². The van der Waals surface area contributed by atoms with Crippen molar-refractivity contribution in [2.75, 3.05) is 6.54 Å². The third-order valence-corrected chi connectivity index (χ3v) is 3.69. The van der Waals surface area contributed by atoms with Crippen LogP contribution in [0.5, 0.6) is 0 Å². The van der Waals surface area contributed by atoms with Crippen molar-refractivity contribution < 1.29 is 9.90 Å². The molecule has 3 nitrogen and oxygen atoms in total. The number of hydrogen-bond donors (Lipinski definition) is 1. The maximum Gasteiger partial charge on any atom is 0.320 e. The molecule has 0 aromatic rings. The summed E-state index contributed by atoms with van der Waals surface area (Å²) in [6, 6.07) is -0.271.